The predicted octanol–water partition coefficient (Wildman–Crippen LogP) is 2.58. The SMILES string of the molecule is CC.CCCCN=O. The van der Waals surface area contributed by atoms with Gasteiger partial charge in [0.25, 0.3) is 0 Å². The van der Waals surface area contributed by atoms with Gasteiger partial charge in [-0.3, -0.25) is 0 Å². The first kappa shape index (κ1) is 10.6. The molecule has 2 nitrogen and oxygen atoms in total. The van der Waals surface area contributed by atoms with Crippen LogP contribution in [0.5, 0.6) is 0 Å². The summed E-state index contributed by atoms with van der Waals surface area (Å²) in [7, 11) is 0. The first-order chi connectivity index (χ1) is 3.91. The quantitative estimate of drug-likeness (QED) is 0.412. The van der Waals surface area contributed by atoms with Crippen LogP contribution >= 0.6 is 0 Å². The van der Waals surface area contributed by atoms with Crippen LogP contribution in [0.4, 0.5) is 0 Å². The molecule has 0 aliphatic rings. The highest BCUT2D eigenvalue weighted by Gasteiger charge is 1.75. The number of hydrogen-bond donors (Lipinski definition) is 0. The van der Waals surface area contributed by atoms with Crippen molar-refractivity contribution in [3.05, 3.63) is 4.91 Å². The van der Waals surface area contributed by atoms with E-state index in [9.17, 15) is 4.91 Å². The van der Waals surface area contributed by atoms with E-state index in [0.29, 0.717) is 6.54 Å². The first-order valence-corrected chi connectivity index (χ1v) is 3.21. The van der Waals surface area contributed by atoms with Crippen molar-refractivity contribution in [1.82, 2.24) is 0 Å². The third-order valence-corrected chi connectivity index (χ3v) is 0.603. The van der Waals surface area contributed by atoms with Crippen LogP contribution in [0.2, 0.25) is 0 Å². The molecule has 0 heterocycles. The monoisotopic (exact) mass is 117 g/mol. The second-order valence-electron chi connectivity index (χ2n) is 1.21. The molecule has 0 atom stereocenters. The Labute approximate surface area is 51.3 Å². The number of hydrogen-bond acceptors (Lipinski definition) is 2. The molecule has 0 saturated carbocycles. The van der Waals surface area contributed by atoms with E-state index < -0.39 is 0 Å². The van der Waals surface area contributed by atoms with Crippen molar-refractivity contribution < 1.29 is 0 Å². The summed E-state index contributed by atoms with van der Waals surface area (Å²) in [4.78, 5) is 9.31. The van der Waals surface area contributed by atoms with Crippen LogP contribution in [0.15, 0.2) is 5.18 Å². The van der Waals surface area contributed by atoms with Gasteiger partial charge in [0, 0.05) is 0 Å². The smallest absolute Gasteiger partial charge is 0.0811 e. The van der Waals surface area contributed by atoms with Gasteiger partial charge < -0.3 is 0 Å². The second-order valence-corrected chi connectivity index (χ2v) is 1.21. The summed E-state index contributed by atoms with van der Waals surface area (Å²) in [6.07, 6.45) is 2.00. The summed E-state index contributed by atoms with van der Waals surface area (Å²) >= 11 is 0. The third kappa shape index (κ3) is 17.5. The van der Waals surface area contributed by atoms with Crippen LogP contribution in [-0.4, -0.2) is 6.54 Å². The highest BCUT2D eigenvalue weighted by molar-refractivity contribution is 4.36. The van der Waals surface area contributed by atoms with E-state index in [-0.39, 0.29) is 0 Å². The van der Waals surface area contributed by atoms with Gasteiger partial charge in [0.15, 0.2) is 0 Å². The molecule has 0 rings (SSSR count). The molecule has 0 radical (unpaired) electrons. The van der Waals surface area contributed by atoms with Crippen LogP contribution in [-0.2, 0) is 0 Å². The molecule has 0 unspecified atom stereocenters. The lowest BCUT2D eigenvalue weighted by Gasteiger charge is -1.78. The maximum atomic E-state index is 9.31. The van der Waals surface area contributed by atoms with Crippen molar-refractivity contribution in [2.45, 2.75) is 33.6 Å². The van der Waals surface area contributed by atoms with Crippen LogP contribution < -0.4 is 0 Å². The second kappa shape index (κ2) is 16.0. The van der Waals surface area contributed by atoms with E-state index >= 15 is 0 Å². The summed E-state index contributed by atoms with van der Waals surface area (Å²) in [6, 6.07) is 0. The number of nitrogens with zero attached hydrogens (tertiary/aromatic N) is 1. The summed E-state index contributed by atoms with van der Waals surface area (Å²) in [6.45, 7) is 6.52. The van der Waals surface area contributed by atoms with Gasteiger partial charge in [-0.1, -0.05) is 32.4 Å². The Morgan fingerprint density at radius 1 is 1.38 bits per heavy atom. The first-order valence-electron chi connectivity index (χ1n) is 3.21. The molecule has 0 aliphatic heterocycles. The molecule has 8 heavy (non-hydrogen) atoms. The molecule has 0 N–H and O–H groups in total. The molecule has 0 saturated heterocycles. The molecule has 0 aromatic heterocycles. The standard InChI is InChI=1S/C4H9NO.C2H6/c1-2-3-4-5-6;1-2/h2-4H2,1H3;1-2H3. The van der Waals surface area contributed by atoms with Crippen LogP contribution in [0.25, 0.3) is 0 Å². The minimum absolute atomic E-state index is 0.483. The van der Waals surface area contributed by atoms with Gasteiger partial charge in [-0.25, -0.2) is 0 Å². The molecular formula is C6H15NO. The largest absolute Gasteiger partial charge is 0.151 e. The van der Waals surface area contributed by atoms with Gasteiger partial charge in [-0.05, 0) is 6.42 Å². The molecule has 0 aromatic rings. The summed E-state index contributed by atoms with van der Waals surface area (Å²) in [5, 5.41) is 2.68. The highest BCUT2D eigenvalue weighted by atomic mass is 16.3. The molecular weight excluding hydrogens is 102 g/mol. The van der Waals surface area contributed by atoms with Crippen LogP contribution in [0.1, 0.15) is 33.6 Å². The highest BCUT2D eigenvalue weighted by Crippen LogP contribution is 1.83. The van der Waals surface area contributed by atoms with Gasteiger partial charge in [-0.2, -0.15) is 4.91 Å². The van der Waals surface area contributed by atoms with Crippen LogP contribution in [0, 0.1) is 4.91 Å². The van der Waals surface area contributed by atoms with E-state index in [2.05, 4.69) is 5.18 Å². The van der Waals surface area contributed by atoms with Crippen molar-refractivity contribution in [3.8, 4) is 0 Å². The lowest BCUT2D eigenvalue weighted by atomic mass is 10.3. The Kier molecular flexibility index (Phi) is 21.1. The van der Waals surface area contributed by atoms with E-state index in [4.69, 9.17) is 0 Å². The zero-order valence-electron chi connectivity index (χ0n) is 5.98. The number of unbranched alkanes of at least 4 members (excludes halogenated alkanes) is 1. The van der Waals surface area contributed by atoms with Crippen molar-refractivity contribution in [2.75, 3.05) is 6.54 Å². The maximum Gasteiger partial charge on any atom is 0.0811 e. The zero-order valence-corrected chi connectivity index (χ0v) is 5.98. The fourth-order valence-electron chi connectivity index (χ4n) is 0.223. The van der Waals surface area contributed by atoms with Gasteiger partial charge in [0.2, 0.25) is 0 Å². The van der Waals surface area contributed by atoms with Crippen molar-refractivity contribution in [1.29, 1.82) is 0 Å². The molecule has 0 fully saturated rings. The number of nitroso groups, excluding NO2 is 1. The van der Waals surface area contributed by atoms with Gasteiger partial charge in [0.1, 0.15) is 0 Å². The topological polar surface area (TPSA) is 29.4 Å². The molecule has 0 aliphatic carbocycles. The average Bonchev–Trinajstić information content (AvgIpc) is 1.88. The minimum atomic E-state index is 0.483. The Hall–Kier alpha value is -0.400. The Bertz CT molecular complexity index is 37.5. The Balaban J connectivity index is 0. The predicted molar refractivity (Wildman–Crippen MR) is 36.9 cm³/mol. The van der Waals surface area contributed by atoms with Crippen molar-refractivity contribution in [2.24, 2.45) is 5.18 Å². The lowest BCUT2D eigenvalue weighted by Crippen LogP contribution is -1.72. The fraction of sp³-hybridized carbons (Fsp3) is 1.00. The van der Waals surface area contributed by atoms with Gasteiger partial charge >= 0.3 is 0 Å². The summed E-state index contributed by atoms with van der Waals surface area (Å²) < 4.78 is 0. The number of rotatable bonds is 3. The molecule has 0 amide bonds. The summed E-state index contributed by atoms with van der Waals surface area (Å²) in [5.74, 6) is 0. The van der Waals surface area contributed by atoms with Crippen molar-refractivity contribution >= 4 is 0 Å². The molecule has 0 bridgehead atoms. The van der Waals surface area contributed by atoms with E-state index in [1.54, 1.807) is 0 Å². The minimum Gasteiger partial charge on any atom is -0.151 e. The molecule has 2 heteroatoms. The molecule has 50 valence electrons. The Morgan fingerprint density at radius 2 is 1.88 bits per heavy atom. The fourth-order valence-corrected chi connectivity index (χ4v) is 0.223. The van der Waals surface area contributed by atoms with E-state index in [1.807, 2.05) is 20.8 Å². The normalized spacial score (nSPS) is 6.88. The Morgan fingerprint density at radius 3 is 2.00 bits per heavy atom. The third-order valence-electron chi connectivity index (χ3n) is 0.603. The van der Waals surface area contributed by atoms with Crippen molar-refractivity contribution in [3.63, 3.8) is 0 Å². The van der Waals surface area contributed by atoms with E-state index in [1.165, 1.54) is 0 Å². The van der Waals surface area contributed by atoms with Gasteiger partial charge in [-0.15, -0.1) is 0 Å². The lowest BCUT2D eigenvalue weighted by molar-refractivity contribution is 0.804. The summed E-state index contributed by atoms with van der Waals surface area (Å²) in [5.41, 5.74) is 0. The van der Waals surface area contributed by atoms with E-state index in [0.717, 1.165) is 12.8 Å². The average molecular weight is 117 g/mol. The maximum absolute atomic E-state index is 9.31. The molecule has 0 spiro atoms. The molecule has 0 aromatic carbocycles. The van der Waals surface area contributed by atoms with Crippen LogP contribution in [0.3, 0.4) is 0 Å². The zero-order chi connectivity index (χ0) is 6.83. The van der Waals surface area contributed by atoms with Gasteiger partial charge in [0.05, 0.1) is 6.54 Å².